The Kier molecular flexibility index (Phi) is 6.19. The Morgan fingerprint density at radius 1 is 1.33 bits per heavy atom. The second-order valence-corrected chi connectivity index (χ2v) is 9.67. The van der Waals surface area contributed by atoms with Crippen LogP contribution in [0.3, 0.4) is 0 Å². The predicted molar refractivity (Wildman–Crippen MR) is 91.2 cm³/mol. The predicted octanol–water partition coefficient (Wildman–Crippen LogP) is 2.03. The molecule has 0 amide bonds. The van der Waals surface area contributed by atoms with Crippen LogP contribution in [-0.2, 0) is 21.8 Å². The molecule has 1 N–H and O–H groups in total. The van der Waals surface area contributed by atoms with Crippen molar-refractivity contribution in [2.75, 3.05) is 37.0 Å². The standard InChI is InChI=1S/C14H27N3O2S2/c1-7-15-10-11-12(14(2,3)4)16-13(20-11)17(5)8-9-21(6,18)19/h15H,7-10H2,1-6H3. The maximum Gasteiger partial charge on any atom is 0.185 e. The van der Waals surface area contributed by atoms with E-state index in [0.29, 0.717) is 6.54 Å². The van der Waals surface area contributed by atoms with E-state index in [1.165, 1.54) is 11.1 Å². The van der Waals surface area contributed by atoms with Gasteiger partial charge in [-0.05, 0) is 6.54 Å². The molecule has 0 bridgehead atoms. The van der Waals surface area contributed by atoms with Gasteiger partial charge in [0.15, 0.2) is 5.13 Å². The summed E-state index contributed by atoms with van der Waals surface area (Å²) in [6, 6.07) is 0. The summed E-state index contributed by atoms with van der Waals surface area (Å²) in [6.07, 6.45) is 1.26. The molecule has 1 rings (SSSR count). The van der Waals surface area contributed by atoms with Gasteiger partial charge in [-0.25, -0.2) is 13.4 Å². The van der Waals surface area contributed by atoms with Gasteiger partial charge in [-0.3, -0.25) is 0 Å². The fourth-order valence-electron chi connectivity index (χ4n) is 1.85. The van der Waals surface area contributed by atoms with E-state index in [0.717, 1.165) is 23.9 Å². The molecule has 0 aliphatic rings. The molecule has 5 nitrogen and oxygen atoms in total. The summed E-state index contributed by atoms with van der Waals surface area (Å²) in [4.78, 5) is 7.90. The lowest BCUT2D eigenvalue weighted by Gasteiger charge is -2.18. The van der Waals surface area contributed by atoms with Gasteiger partial charge in [-0.1, -0.05) is 27.7 Å². The van der Waals surface area contributed by atoms with E-state index in [9.17, 15) is 8.42 Å². The molecule has 0 saturated carbocycles. The minimum Gasteiger partial charge on any atom is -0.350 e. The third-order valence-electron chi connectivity index (χ3n) is 3.06. The van der Waals surface area contributed by atoms with Crippen molar-refractivity contribution in [3.05, 3.63) is 10.6 Å². The van der Waals surface area contributed by atoms with E-state index in [-0.39, 0.29) is 11.2 Å². The van der Waals surface area contributed by atoms with Crippen LogP contribution in [-0.4, -0.2) is 45.5 Å². The first-order valence-corrected chi connectivity index (χ1v) is 10.0. The van der Waals surface area contributed by atoms with Gasteiger partial charge in [0.05, 0.1) is 11.4 Å². The lowest BCUT2D eigenvalue weighted by molar-refractivity contribution is 0.560. The zero-order chi connectivity index (χ0) is 16.3. The highest BCUT2D eigenvalue weighted by molar-refractivity contribution is 7.90. The van der Waals surface area contributed by atoms with E-state index < -0.39 is 9.84 Å². The van der Waals surface area contributed by atoms with Crippen LogP contribution in [0.4, 0.5) is 5.13 Å². The summed E-state index contributed by atoms with van der Waals surface area (Å²) < 4.78 is 22.6. The van der Waals surface area contributed by atoms with Gasteiger partial charge in [0.2, 0.25) is 0 Å². The zero-order valence-electron chi connectivity index (χ0n) is 13.9. The summed E-state index contributed by atoms with van der Waals surface area (Å²) in [5.74, 6) is 0.149. The monoisotopic (exact) mass is 333 g/mol. The van der Waals surface area contributed by atoms with Crippen molar-refractivity contribution in [1.29, 1.82) is 0 Å². The van der Waals surface area contributed by atoms with Crippen LogP contribution in [0, 0.1) is 0 Å². The highest BCUT2D eigenvalue weighted by Crippen LogP contribution is 2.33. The Hall–Kier alpha value is -0.660. The van der Waals surface area contributed by atoms with Crippen molar-refractivity contribution in [1.82, 2.24) is 10.3 Å². The van der Waals surface area contributed by atoms with Crippen LogP contribution in [0.2, 0.25) is 0 Å². The minimum atomic E-state index is -2.95. The zero-order valence-corrected chi connectivity index (χ0v) is 15.5. The summed E-state index contributed by atoms with van der Waals surface area (Å²) in [6.45, 7) is 10.7. The van der Waals surface area contributed by atoms with Gasteiger partial charge in [-0.2, -0.15) is 0 Å². The minimum absolute atomic E-state index is 0.0167. The molecule has 7 heteroatoms. The highest BCUT2D eigenvalue weighted by Gasteiger charge is 2.24. The average molecular weight is 334 g/mol. The number of sulfone groups is 1. The number of aromatic nitrogens is 1. The molecule has 0 aliphatic heterocycles. The maximum absolute atomic E-state index is 11.3. The summed E-state index contributed by atoms with van der Waals surface area (Å²) in [5.41, 5.74) is 1.08. The van der Waals surface area contributed by atoms with Crippen molar-refractivity contribution in [3.63, 3.8) is 0 Å². The average Bonchev–Trinajstić information content (AvgIpc) is 2.76. The lowest BCUT2D eigenvalue weighted by atomic mass is 9.91. The summed E-state index contributed by atoms with van der Waals surface area (Å²) in [7, 11) is -1.05. The van der Waals surface area contributed by atoms with Crippen LogP contribution in [0.15, 0.2) is 0 Å². The second-order valence-electron chi connectivity index (χ2n) is 6.35. The molecular weight excluding hydrogens is 306 g/mol. The van der Waals surface area contributed by atoms with Crippen molar-refractivity contribution < 1.29 is 8.42 Å². The van der Waals surface area contributed by atoms with E-state index in [1.54, 1.807) is 11.3 Å². The molecule has 0 radical (unpaired) electrons. The number of nitrogens with one attached hydrogen (secondary N) is 1. The Labute approximate surface area is 132 Å². The highest BCUT2D eigenvalue weighted by atomic mass is 32.2. The van der Waals surface area contributed by atoms with E-state index >= 15 is 0 Å². The topological polar surface area (TPSA) is 62.3 Å². The first kappa shape index (κ1) is 18.4. The van der Waals surface area contributed by atoms with Crippen molar-refractivity contribution in [2.24, 2.45) is 0 Å². The third kappa shape index (κ3) is 5.92. The first-order chi connectivity index (χ1) is 9.54. The molecule has 0 saturated heterocycles. The smallest absolute Gasteiger partial charge is 0.185 e. The summed E-state index contributed by atoms with van der Waals surface area (Å²) >= 11 is 1.64. The Balaban J connectivity index is 2.95. The van der Waals surface area contributed by atoms with Crippen LogP contribution >= 0.6 is 11.3 Å². The van der Waals surface area contributed by atoms with E-state index in [2.05, 4.69) is 33.0 Å². The van der Waals surface area contributed by atoms with Crippen molar-refractivity contribution >= 4 is 26.3 Å². The van der Waals surface area contributed by atoms with Gasteiger partial charge in [0.1, 0.15) is 9.84 Å². The molecule has 0 fully saturated rings. The number of rotatable bonds is 7. The molecule has 0 aromatic carbocycles. The normalized spacial score (nSPS) is 12.7. The SMILES string of the molecule is CCNCc1sc(N(C)CCS(C)(=O)=O)nc1C(C)(C)C. The third-order valence-corrected chi connectivity index (χ3v) is 5.15. The van der Waals surface area contributed by atoms with Gasteiger partial charge < -0.3 is 10.2 Å². The fraction of sp³-hybridized carbons (Fsp3) is 0.786. The fourth-order valence-corrected chi connectivity index (χ4v) is 3.68. The molecule has 1 heterocycles. The van der Waals surface area contributed by atoms with Crippen LogP contribution < -0.4 is 10.2 Å². The molecular formula is C14H27N3O2S2. The molecule has 0 spiro atoms. The second kappa shape index (κ2) is 7.07. The van der Waals surface area contributed by atoms with Gasteiger partial charge >= 0.3 is 0 Å². The Bertz CT molecular complexity index is 559. The lowest BCUT2D eigenvalue weighted by Crippen LogP contribution is -2.25. The molecule has 122 valence electrons. The largest absolute Gasteiger partial charge is 0.350 e. The number of nitrogens with zero attached hydrogens (tertiary/aromatic N) is 2. The van der Waals surface area contributed by atoms with Crippen molar-refractivity contribution in [3.8, 4) is 0 Å². The molecule has 0 unspecified atom stereocenters. The van der Waals surface area contributed by atoms with Gasteiger partial charge in [0.25, 0.3) is 0 Å². The molecule has 1 aromatic heterocycles. The van der Waals surface area contributed by atoms with Gasteiger partial charge in [-0.15, -0.1) is 11.3 Å². The number of hydrogen-bond acceptors (Lipinski definition) is 6. The number of anilines is 1. The van der Waals surface area contributed by atoms with Crippen LogP contribution in [0.1, 0.15) is 38.3 Å². The van der Waals surface area contributed by atoms with E-state index in [1.807, 2.05) is 11.9 Å². The maximum atomic E-state index is 11.3. The molecule has 1 aromatic rings. The van der Waals surface area contributed by atoms with Crippen molar-refractivity contribution in [2.45, 2.75) is 39.7 Å². The molecule has 0 aliphatic carbocycles. The molecule has 0 atom stereocenters. The van der Waals surface area contributed by atoms with E-state index in [4.69, 9.17) is 4.98 Å². The van der Waals surface area contributed by atoms with Crippen LogP contribution in [0.5, 0.6) is 0 Å². The van der Waals surface area contributed by atoms with Gasteiger partial charge in [0, 0.05) is 36.7 Å². The quantitative estimate of drug-likeness (QED) is 0.827. The first-order valence-electron chi connectivity index (χ1n) is 7.14. The Morgan fingerprint density at radius 3 is 2.43 bits per heavy atom. The Morgan fingerprint density at radius 2 is 1.95 bits per heavy atom. The molecule has 21 heavy (non-hydrogen) atoms. The summed E-state index contributed by atoms with van der Waals surface area (Å²) in [5, 5.41) is 4.23. The number of thiazole rings is 1. The number of hydrogen-bond donors (Lipinski definition) is 1. The van der Waals surface area contributed by atoms with Crippen LogP contribution in [0.25, 0.3) is 0 Å².